The van der Waals surface area contributed by atoms with Crippen LogP contribution in [-0.4, -0.2) is 35.2 Å². The van der Waals surface area contributed by atoms with Gasteiger partial charge in [-0.3, -0.25) is 4.79 Å². The summed E-state index contributed by atoms with van der Waals surface area (Å²) in [7, 11) is 0. The molecule has 38 heavy (non-hydrogen) atoms. The first-order valence-electron chi connectivity index (χ1n) is 12.0. The normalized spacial score (nSPS) is 11.2. The van der Waals surface area contributed by atoms with Crippen LogP contribution in [-0.2, 0) is 30.5 Å². The van der Waals surface area contributed by atoms with E-state index in [0.717, 1.165) is 17.7 Å². The highest BCUT2D eigenvalue weighted by Crippen LogP contribution is 2.38. The number of urea groups is 1. The number of halogens is 4. The van der Waals surface area contributed by atoms with Gasteiger partial charge in [-0.15, -0.1) is 0 Å². The number of nitrogens with one attached hydrogen (secondary N) is 1. The Morgan fingerprint density at radius 3 is 2.26 bits per heavy atom. The number of carbonyl (C=O) groups is 2. The Bertz CT molecular complexity index is 1280. The highest BCUT2D eigenvalue weighted by molar-refractivity contribution is 6.30. The maximum atomic E-state index is 13.6. The summed E-state index contributed by atoms with van der Waals surface area (Å²) in [6.45, 7) is 4.14. The Kier molecular flexibility index (Phi) is 9.63. The number of hydrogen-bond donors (Lipinski definition) is 2. The number of rotatable bonds is 10. The van der Waals surface area contributed by atoms with E-state index in [2.05, 4.69) is 5.32 Å². The zero-order valence-electron chi connectivity index (χ0n) is 20.9. The third kappa shape index (κ3) is 7.64. The quantitative estimate of drug-likeness (QED) is 0.292. The Morgan fingerprint density at radius 2 is 1.66 bits per heavy atom. The fraction of sp³-hybridized carbons (Fsp3) is 0.286. The Labute approximate surface area is 224 Å². The summed E-state index contributed by atoms with van der Waals surface area (Å²) in [5, 5.41) is 12.6. The molecule has 0 radical (unpaired) electrons. The molecule has 0 aliphatic heterocycles. The molecule has 0 aliphatic carbocycles. The van der Waals surface area contributed by atoms with Crippen LogP contribution < -0.4 is 10.1 Å². The van der Waals surface area contributed by atoms with Crippen LogP contribution in [0.3, 0.4) is 0 Å². The number of carboxylic acids is 1. The molecule has 0 aliphatic rings. The highest BCUT2D eigenvalue weighted by Gasteiger charge is 2.31. The van der Waals surface area contributed by atoms with E-state index in [9.17, 15) is 27.9 Å². The van der Waals surface area contributed by atoms with Crippen molar-refractivity contribution in [2.75, 3.05) is 13.2 Å². The summed E-state index contributed by atoms with van der Waals surface area (Å²) >= 11 is 5.90. The van der Waals surface area contributed by atoms with E-state index < -0.39 is 23.7 Å². The van der Waals surface area contributed by atoms with E-state index in [1.165, 1.54) is 11.0 Å². The molecule has 2 amide bonds. The molecule has 0 saturated carbocycles. The van der Waals surface area contributed by atoms with Crippen LogP contribution in [0, 0.1) is 0 Å². The van der Waals surface area contributed by atoms with Gasteiger partial charge in [-0.2, -0.15) is 13.2 Å². The largest absolute Gasteiger partial charge is 0.493 e. The van der Waals surface area contributed by atoms with Crippen molar-refractivity contribution in [3.05, 3.63) is 87.9 Å². The standard InChI is InChI=1S/C28H28ClF3N2O4/c1-3-34(27(37)33-16-18-5-9-22(29)10-6-18)17-20-15-21(28(30,31)32)8-11-23(20)24-13-19(14-26(35)36)7-12-25(24)38-4-2/h5-13,15H,3-4,14,16-17H2,1-2H3,(H,33,37)(H,35,36). The Morgan fingerprint density at radius 1 is 0.974 bits per heavy atom. The SMILES string of the molecule is CCOc1ccc(CC(=O)O)cc1-c1ccc(C(F)(F)F)cc1CN(CC)C(=O)NCc1ccc(Cl)cc1. The van der Waals surface area contributed by atoms with Crippen LogP contribution in [0.25, 0.3) is 11.1 Å². The molecule has 0 saturated heterocycles. The van der Waals surface area contributed by atoms with Crippen LogP contribution in [0.4, 0.5) is 18.0 Å². The number of ether oxygens (including phenoxy) is 1. The van der Waals surface area contributed by atoms with E-state index in [0.29, 0.717) is 34.1 Å². The summed E-state index contributed by atoms with van der Waals surface area (Å²) in [6.07, 6.45) is -4.85. The van der Waals surface area contributed by atoms with Crippen LogP contribution >= 0.6 is 11.6 Å². The van der Waals surface area contributed by atoms with Crippen LogP contribution in [0.15, 0.2) is 60.7 Å². The van der Waals surface area contributed by atoms with Gasteiger partial charge in [0.2, 0.25) is 0 Å². The number of carboxylic acid groups (broad SMARTS) is 1. The fourth-order valence-corrected chi connectivity index (χ4v) is 4.07. The summed E-state index contributed by atoms with van der Waals surface area (Å²) in [4.78, 5) is 25.6. The van der Waals surface area contributed by atoms with Gasteiger partial charge >= 0.3 is 18.2 Å². The number of benzene rings is 3. The van der Waals surface area contributed by atoms with Crippen molar-refractivity contribution in [2.24, 2.45) is 0 Å². The molecule has 202 valence electrons. The van der Waals surface area contributed by atoms with Crippen LogP contribution in [0.2, 0.25) is 5.02 Å². The van der Waals surface area contributed by atoms with E-state index in [1.54, 1.807) is 56.3 Å². The van der Waals surface area contributed by atoms with Crippen molar-refractivity contribution in [3.63, 3.8) is 0 Å². The van der Waals surface area contributed by atoms with Crippen molar-refractivity contribution < 1.29 is 32.6 Å². The molecule has 0 unspecified atom stereocenters. The average molecular weight is 549 g/mol. The molecule has 0 spiro atoms. The lowest BCUT2D eigenvalue weighted by molar-refractivity contribution is -0.138. The van der Waals surface area contributed by atoms with Gasteiger partial charge < -0.3 is 20.1 Å². The van der Waals surface area contributed by atoms with Gasteiger partial charge in [0, 0.05) is 30.2 Å². The second-order valence-corrected chi connectivity index (χ2v) is 8.94. The van der Waals surface area contributed by atoms with Crippen molar-refractivity contribution in [2.45, 2.75) is 39.5 Å². The predicted octanol–water partition coefficient (Wildman–Crippen LogP) is 6.78. The first-order valence-corrected chi connectivity index (χ1v) is 12.3. The van der Waals surface area contributed by atoms with E-state index >= 15 is 0 Å². The van der Waals surface area contributed by atoms with Crippen LogP contribution in [0.1, 0.15) is 36.1 Å². The second kappa shape index (κ2) is 12.7. The van der Waals surface area contributed by atoms with E-state index in [1.807, 2.05) is 0 Å². The van der Waals surface area contributed by atoms with Gasteiger partial charge in [-0.25, -0.2) is 4.79 Å². The molecule has 10 heteroatoms. The minimum absolute atomic E-state index is 0.114. The van der Waals surface area contributed by atoms with Gasteiger partial charge in [0.05, 0.1) is 18.6 Å². The molecule has 0 atom stereocenters. The zero-order valence-corrected chi connectivity index (χ0v) is 21.7. The predicted molar refractivity (Wildman–Crippen MR) is 139 cm³/mol. The Hall–Kier alpha value is -3.72. The average Bonchev–Trinajstić information content (AvgIpc) is 2.87. The van der Waals surface area contributed by atoms with Crippen molar-refractivity contribution in [3.8, 4) is 16.9 Å². The van der Waals surface area contributed by atoms with Crippen molar-refractivity contribution in [1.29, 1.82) is 0 Å². The molecule has 0 fully saturated rings. The summed E-state index contributed by atoms with van der Waals surface area (Å²) in [6, 6.07) is 14.6. The number of aliphatic carboxylic acids is 1. The molecular weight excluding hydrogens is 521 g/mol. The summed E-state index contributed by atoms with van der Waals surface area (Å²) < 4.78 is 46.6. The molecule has 3 rings (SSSR count). The van der Waals surface area contributed by atoms with Crippen LogP contribution in [0.5, 0.6) is 5.75 Å². The molecule has 0 heterocycles. The molecule has 0 bridgehead atoms. The number of amides is 2. The lowest BCUT2D eigenvalue weighted by atomic mass is 9.94. The molecule has 3 aromatic rings. The van der Waals surface area contributed by atoms with Gasteiger partial charge in [-0.1, -0.05) is 35.9 Å². The van der Waals surface area contributed by atoms with E-state index in [4.69, 9.17) is 16.3 Å². The first-order chi connectivity index (χ1) is 18.0. The van der Waals surface area contributed by atoms with Gasteiger partial charge in [0.1, 0.15) is 5.75 Å². The smallest absolute Gasteiger partial charge is 0.416 e. The summed E-state index contributed by atoms with van der Waals surface area (Å²) in [5.74, 6) is -0.639. The molecule has 3 aromatic carbocycles. The third-order valence-electron chi connectivity index (χ3n) is 5.81. The summed E-state index contributed by atoms with van der Waals surface area (Å²) in [5.41, 5.74) is 1.54. The molecular formula is C28H28ClF3N2O4. The van der Waals surface area contributed by atoms with E-state index in [-0.39, 0.29) is 31.6 Å². The van der Waals surface area contributed by atoms with Gasteiger partial charge in [-0.05, 0) is 72.5 Å². The third-order valence-corrected chi connectivity index (χ3v) is 6.06. The minimum atomic E-state index is -4.59. The zero-order chi connectivity index (χ0) is 27.9. The second-order valence-electron chi connectivity index (χ2n) is 8.50. The molecule has 6 nitrogen and oxygen atoms in total. The lowest BCUT2D eigenvalue weighted by Gasteiger charge is -2.24. The molecule has 0 aromatic heterocycles. The molecule has 2 N–H and O–H groups in total. The topological polar surface area (TPSA) is 78.9 Å². The fourth-order valence-electron chi connectivity index (χ4n) is 3.94. The maximum absolute atomic E-state index is 13.6. The number of carbonyl (C=O) groups excluding carboxylic acids is 1. The van der Waals surface area contributed by atoms with Gasteiger partial charge in [0.25, 0.3) is 0 Å². The highest BCUT2D eigenvalue weighted by atomic mass is 35.5. The van der Waals surface area contributed by atoms with Crippen molar-refractivity contribution in [1.82, 2.24) is 10.2 Å². The number of hydrogen-bond acceptors (Lipinski definition) is 3. The van der Waals surface area contributed by atoms with Crippen molar-refractivity contribution >= 4 is 23.6 Å². The monoisotopic (exact) mass is 548 g/mol. The van der Waals surface area contributed by atoms with Gasteiger partial charge in [0.15, 0.2) is 0 Å². The Balaban J connectivity index is 1.99. The lowest BCUT2D eigenvalue weighted by Crippen LogP contribution is -2.39. The first kappa shape index (κ1) is 28.8. The number of nitrogens with zero attached hydrogens (tertiary/aromatic N) is 1. The maximum Gasteiger partial charge on any atom is 0.416 e. The minimum Gasteiger partial charge on any atom is -0.493 e. The number of alkyl halides is 3.